The molecule has 0 aliphatic carbocycles. The van der Waals surface area contributed by atoms with Gasteiger partial charge in [-0.25, -0.2) is 9.97 Å². The number of carbonyl (C=O) groups excluding carboxylic acids is 1. The summed E-state index contributed by atoms with van der Waals surface area (Å²) in [6, 6.07) is 6.91. The minimum Gasteiger partial charge on any atom is -0.392 e. The van der Waals surface area contributed by atoms with Gasteiger partial charge in [-0.15, -0.1) is 0 Å². The summed E-state index contributed by atoms with van der Waals surface area (Å²) in [7, 11) is 0. The minimum atomic E-state index is -0.380. The van der Waals surface area contributed by atoms with Gasteiger partial charge in [0.2, 0.25) is 0 Å². The Hall–Kier alpha value is -1.98. The van der Waals surface area contributed by atoms with Crippen molar-refractivity contribution in [3.63, 3.8) is 0 Å². The quantitative estimate of drug-likeness (QED) is 0.887. The lowest BCUT2D eigenvalue weighted by Gasteiger charge is -2.05. The van der Waals surface area contributed by atoms with E-state index in [1.807, 2.05) is 0 Å². The summed E-state index contributed by atoms with van der Waals surface area (Å²) in [5.74, 6) is -0.380. The Bertz CT molecular complexity index is 558. The van der Waals surface area contributed by atoms with Crippen molar-refractivity contribution in [2.24, 2.45) is 0 Å². The van der Waals surface area contributed by atoms with Crippen molar-refractivity contribution in [1.82, 2.24) is 9.97 Å². The molecule has 0 unspecified atom stereocenters. The molecule has 0 aliphatic rings. The number of benzene rings is 1. The summed E-state index contributed by atoms with van der Waals surface area (Å²) in [4.78, 5) is 19.4. The summed E-state index contributed by atoms with van der Waals surface area (Å²) < 4.78 is 0. The van der Waals surface area contributed by atoms with Gasteiger partial charge in [-0.3, -0.25) is 4.79 Å². The van der Waals surface area contributed by atoms with Crippen LogP contribution in [0.15, 0.2) is 36.7 Å². The van der Waals surface area contributed by atoms with E-state index in [1.54, 1.807) is 24.3 Å². The zero-order valence-electron chi connectivity index (χ0n) is 9.30. The number of amides is 1. The monoisotopic (exact) mass is 263 g/mol. The normalized spacial score (nSPS) is 10.1. The van der Waals surface area contributed by atoms with Crippen LogP contribution >= 0.6 is 11.6 Å². The highest BCUT2D eigenvalue weighted by molar-refractivity contribution is 6.29. The standard InChI is InChI=1S/C12H10ClN3O2/c13-11-6-14-10(5-15-11)12(18)16-9-3-1-2-8(4-9)7-17/h1-6,17H,7H2,(H,16,18). The lowest BCUT2D eigenvalue weighted by molar-refractivity contribution is 0.102. The first-order chi connectivity index (χ1) is 8.69. The van der Waals surface area contributed by atoms with Crippen molar-refractivity contribution in [3.05, 3.63) is 53.1 Å². The van der Waals surface area contributed by atoms with E-state index >= 15 is 0 Å². The molecule has 1 heterocycles. The number of carbonyl (C=O) groups is 1. The molecule has 5 nitrogen and oxygen atoms in total. The third-order valence-electron chi connectivity index (χ3n) is 2.22. The predicted octanol–water partition coefficient (Wildman–Crippen LogP) is 1.87. The van der Waals surface area contributed by atoms with Crippen LogP contribution in [0.4, 0.5) is 5.69 Å². The fourth-order valence-corrected chi connectivity index (χ4v) is 1.47. The molecule has 18 heavy (non-hydrogen) atoms. The molecular formula is C12H10ClN3O2. The van der Waals surface area contributed by atoms with Crippen molar-refractivity contribution >= 4 is 23.2 Å². The summed E-state index contributed by atoms with van der Waals surface area (Å²) in [5, 5.41) is 11.9. The van der Waals surface area contributed by atoms with Crippen LogP contribution < -0.4 is 5.32 Å². The molecule has 0 bridgehead atoms. The maximum atomic E-state index is 11.8. The Morgan fingerprint density at radius 2 is 2.17 bits per heavy atom. The fraction of sp³-hybridized carbons (Fsp3) is 0.0833. The number of anilines is 1. The van der Waals surface area contributed by atoms with E-state index in [4.69, 9.17) is 16.7 Å². The van der Waals surface area contributed by atoms with E-state index < -0.39 is 0 Å². The van der Waals surface area contributed by atoms with Crippen LogP contribution in [0, 0.1) is 0 Å². The molecule has 92 valence electrons. The van der Waals surface area contributed by atoms with Crippen molar-refractivity contribution < 1.29 is 9.90 Å². The van der Waals surface area contributed by atoms with Crippen molar-refractivity contribution in [3.8, 4) is 0 Å². The summed E-state index contributed by atoms with van der Waals surface area (Å²) in [6.07, 6.45) is 2.61. The third-order valence-corrected chi connectivity index (χ3v) is 2.42. The van der Waals surface area contributed by atoms with E-state index in [0.29, 0.717) is 5.69 Å². The van der Waals surface area contributed by atoms with Crippen LogP contribution in [0.2, 0.25) is 5.15 Å². The molecule has 1 aromatic heterocycles. The third kappa shape index (κ3) is 3.03. The van der Waals surface area contributed by atoms with Gasteiger partial charge in [0.1, 0.15) is 10.8 Å². The molecule has 6 heteroatoms. The number of hydrogen-bond donors (Lipinski definition) is 2. The van der Waals surface area contributed by atoms with Gasteiger partial charge in [-0.05, 0) is 17.7 Å². The first kappa shape index (κ1) is 12.5. The van der Waals surface area contributed by atoms with Crippen LogP contribution in [-0.4, -0.2) is 21.0 Å². The summed E-state index contributed by atoms with van der Waals surface area (Å²) >= 11 is 5.58. The molecule has 0 saturated heterocycles. The molecule has 2 aromatic rings. The van der Waals surface area contributed by atoms with Gasteiger partial charge in [0.15, 0.2) is 0 Å². The minimum absolute atomic E-state index is 0.0789. The fourth-order valence-electron chi connectivity index (χ4n) is 1.37. The van der Waals surface area contributed by atoms with Crippen molar-refractivity contribution in [2.45, 2.75) is 6.61 Å². The maximum absolute atomic E-state index is 11.8. The highest BCUT2D eigenvalue weighted by atomic mass is 35.5. The molecule has 0 spiro atoms. The molecule has 2 rings (SSSR count). The highest BCUT2D eigenvalue weighted by Gasteiger charge is 2.08. The van der Waals surface area contributed by atoms with Gasteiger partial charge in [0.25, 0.3) is 5.91 Å². The zero-order chi connectivity index (χ0) is 13.0. The van der Waals surface area contributed by atoms with Crippen LogP contribution in [0.1, 0.15) is 16.1 Å². The van der Waals surface area contributed by atoms with Crippen LogP contribution in [0.25, 0.3) is 0 Å². The Morgan fingerprint density at radius 1 is 1.33 bits per heavy atom. The molecule has 1 amide bonds. The van der Waals surface area contributed by atoms with E-state index in [1.165, 1.54) is 12.4 Å². The second-order valence-electron chi connectivity index (χ2n) is 3.54. The number of hydrogen-bond acceptors (Lipinski definition) is 4. The number of nitrogens with one attached hydrogen (secondary N) is 1. The molecule has 0 saturated carbocycles. The Labute approximate surface area is 108 Å². The number of nitrogens with zero attached hydrogens (tertiary/aromatic N) is 2. The van der Waals surface area contributed by atoms with Crippen LogP contribution in [0.3, 0.4) is 0 Å². The van der Waals surface area contributed by atoms with Crippen molar-refractivity contribution in [2.75, 3.05) is 5.32 Å². The first-order valence-electron chi connectivity index (χ1n) is 5.18. The topological polar surface area (TPSA) is 75.1 Å². The zero-order valence-corrected chi connectivity index (χ0v) is 10.1. The lowest BCUT2D eigenvalue weighted by atomic mass is 10.2. The Balaban J connectivity index is 2.13. The second-order valence-corrected chi connectivity index (χ2v) is 3.92. The van der Waals surface area contributed by atoms with Gasteiger partial charge in [-0.2, -0.15) is 0 Å². The first-order valence-corrected chi connectivity index (χ1v) is 5.55. The molecule has 1 aromatic carbocycles. The maximum Gasteiger partial charge on any atom is 0.275 e. The largest absolute Gasteiger partial charge is 0.392 e. The Morgan fingerprint density at radius 3 is 2.83 bits per heavy atom. The molecular weight excluding hydrogens is 254 g/mol. The van der Waals surface area contributed by atoms with Gasteiger partial charge in [-0.1, -0.05) is 23.7 Å². The van der Waals surface area contributed by atoms with E-state index in [9.17, 15) is 4.79 Å². The molecule has 0 fully saturated rings. The van der Waals surface area contributed by atoms with Gasteiger partial charge >= 0.3 is 0 Å². The van der Waals surface area contributed by atoms with E-state index in [0.717, 1.165) is 5.56 Å². The van der Waals surface area contributed by atoms with Gasteiger partial charge < -0.3 is 10.4 Å². The smallest absolute Gasteiger partial charge is 0.275 e. The van der Waals surface area contributed by atoms with Crippen LogP contribution in [-0.2, 0) is 6.61 Å². The summed E-state index contributed by atoms with van der Waals surface area (Å²) in [5.41, 5.74) is 1.48. The number of halogens is 1. The van der Waals surface area contributed by atoms with Crippen molar-refractivity contribution in [1.29, 1.82) is 0 Å². The van der Waals surface area contributed by atoms with E-state index in [-0.39, 0.29) is 23.4 Å². The molecule has 0 aliphatic heterocycles. The summed E-state index contributed by atoms with van der Waals surface area (Å²) in [6.45, 7) is -0.0789. The molecule has 0 radical (unpaired) electrons. The number of rotatable bonds is 3. The predicted molar refractivity (Wildman–Crippen MR) is 67.4 cm³/mol. The highest BCUT2D eigenvalue weighted by Crippen LogP contribution is 2.12. The number of aromatic nitrogens is 2. The van der Waals surface area contributed by atoms with E-state index in [2.05, 4.69) is 15.3 Å². The number of aliphatic hydroxyl groups excluding tert-OH is 1. The SMILES string of the molecule is O=C(Nc1cccc(CO)c1)c1cnc(Cl)cn1. The lowest BCUT2D eigenvalue weighted by Crippen LogP contribution is -2.14. The number of aliphatic hydroxyl groups is 1. The van der Waals surface area contributed by atoms with Gasteiger partial charge in [0, 0.05) is 5.69 Å². The Kier molecular flexibility index (Phi) is 3.86. The molecule has 2 N–H and O–H groups in total. The van der Waals surface area contributed by atoms with Crippen LogP contribution in [0.5, 0.6) is 0 Å². The second kappa shape index (κ2) is 5.57. The average molecular weight is 264 g/mol. The average Bonchev–Trinajstić information content (AvgIpc) is 2.39. The van der Waals surface area contributed by atoms with Gasteiger partial charge in [0.05, 0.1) is 19.0 Å². The molecule has 0 atom stereocenters.